The molecule has 17 heavy (non-hydrogen) atoms. The second-order valence-corrected chi connectivity index (χ2v) is 5.31. The van der Waals surface area contributed by atoms with Crippen LogP contribution in [0, 0.1) is 5.92 Å². The number of hydrogen-bond acceptors (Lipinski definition) is 3. The van der Waals surface area contributed by atoms with Crippen LogP contribution < -0.4 is 10.6 Å². The minimum absolute atomic E-state index is 0.127. The first-order valence-corrected chi connectivity index (χ1v) is 6.79. The topological polar surface area (TPSA) is 50.4 Å². The molecule has 2 aliphatic rings. The molecule has 1 saturated heterocycles. The average Bonchev–Trinajstić information content (AvgIpc) is 2.76. The molecule has 4 heteroatoms. The van der Waals surface area contributed by atoms with Crippen molar-refractivity contribution in [2.75, 3.05) is 13.7 Å². The van der Waals surface area contributed by atoms with Gasteiger partial charge in [-0.05, 0) is 45.6 Å². The Morgan fingerprint density at radius 1 is 1.29 bits per heavy atom. The lowest BCUT2D eigenvalue weighted by Crippen LogP contribution is -2.50. The zero-order valence-corrected chi connectivity index (χ0v) is 10.9. The summed E-state index contributed by atoms with van der Waals surface area (Å²) < 4.78 is 5.41. The lowest BCUT2D eigenvalue weighted by Gasteiger charge is -2.30. The third-order valence-electron chi connectivity index (χ3n) is 4.18. The quantitative estimate of drug-likeness (QED) is 0.775. The van der Waals surface area contributed by atoms with Crippen LogP contribution in [-0.4, -0.2) is 37.7 Å². The van der Waals surface area contributed by atoms with Crippen LogP contribution in [0.15, 0.2) is 0 Å². The molecule has 98 valence electrons. The SMILES string of the molecule is COC1CCCC1NC(=O)C1CCCNC1C. The van der Waals surface area contributed by atoms with Gasteiger partial charge in [0.2, 0.25) is 5.91 Å². The fraction of sp³-hybridized carbons (Fsp3) is 0.923. The van der Waals surface area contributed by atoms with Gasteiger partial charge < -0.3 is 15.4 Å². The van der Waals surface area contributed by atoms with E-state index in [1.807, 2.05) is 0 Å². The van der Waals surface area contributed by atoms with Gasteiger partial charge in [-0.3, -0.25) is 4.79 Å². The minimum atomic E-state index is 0.127. The van der Waals surface area contributed by atoms with Gasteiger partial charge in [0.25, 0.3) is 0 Å². The lowest BCUT2D eigenvalue weighted by atomic mass is 9.91. The van der Waals surface area contributed by atoms with E-state index in [9.17, 15) is 4.79 Å². The van der Waals surface area contributed by atoms with E-state index in [2.05, 4.69) is 17.6 Å². The maximum atomic E-state index is 12.2. The van der Waals surface area contributed by atoms with Crippen molar-refractivity contribution in [1.29, 1.82) is 0 Å². The molecule has 1 amide bonds. The first-order chi connectivity index (χ1) is 8.22. The third kappa shape index (κ3) is 2.99. The Morgan fingerprint density at radius 2 is 2.12 bits per heavy atom. The molecule has 4 atom stereocenters. The normalized spacial score (nSPS) is 38.0. The summed E-state index contributed by atoms with van der Waals surface area (Å²) in [6, 6.07) is 0.521. The number of amides is 1. The average molecular weight is 240 g/mol. The Hall–Kier alpha value is -0.610. The van der Waals surface area contributed by atoms with Gasteiger partial charge >= 0.3 is 0 Å². The van der Waals surface area contributed by atoms with Crippen molar-refractivity contribution >= 4 is 5.91 Å². The number of piperidine rings is 1. The van der Waals surface area contributed by atoms with Crippen LogP contribution in [0.3, 0.4) is 0 Å². The van der Waals surface area contributed by atoms with Gasteiger partial charge in [0, 0.05) is 13.2 Å². The molecule has 2 rings (SSSR count). The largest absolute Gasteiger partial charge is 0.379 e. The molecule has 1 aliphatic heterocycles. The number of nitrogens with one attached hydrogen (secondary N) is 2. The molecular weight excluding hydrogens is 216 g/mol. The van der Waals surface area contributed by atoms with Crippen LogP contribution >= 0.6 is 0 Å². The Morgan fingerprint density at radius 3 is 2.82 bits per heavy atom. The van der Waals surface area contributed by atoms with E-state index < -0.39 is 0 Å². The molecule has 2 N–H and O–H groups in total. The Bertz CT molecular complexity index is 270. The van der Waals surface area contributed by atoms with Gasteiger partial charge in [0.15, 0.2) is 0 Å². The highest BCUT2D eigenvalue weighted by molar-refractivity contribution is 5.79. The van der Waals surface area contributed by atoms with E-state index in [1.54, 1.807) is 7.11 Å². The second kappa shape index (κ2) is 5.83. The molecule has 0 spiro atoms. The van der Waals surface area contributed by atoms with Crippen LogP contribution in [0.25, 0.3) is 0 Å². The Labute approximate surface area is 103 Å². The summed E-state index contributed by atoms with van der Waals surface area (Å²) in [7, 11) is 1.74. The summed E-state index contributed by atoms with van der Waals surface area (Å²) in [5, 5.41) is 6.55. The molecule has 1 aliphatic carbocycles. The van der Waals surface area contributed by atoms with E-state index in [4.69, 9.17) is 4.74 Å². The number of carbonyl (C=O) groups is 1. The monoisotopic (exact) mass is 240 g/mol. The van der Waals surface area contributed by atoms with Crippen LogP contribution in [-0.2, 0) is 9.53 Å². The smallest absolute Gasteiger partial charge is 0.224 e. The van der Waals surface area contributed by atoms with Gasteiger partial charge in [0.1, 0.15) is 0 Å². The molecule has 4 unspecified atom stereocenters. The number of methoxy groups -OCH3 is 1. The second-order valence-electron chi connectivity index (χ2n) is 5.31. The van der Waals surface area contributed by atoms with Gasteiger partial charge in [0.05, 0.1) is 18.1 Å². The fourth-order valence-electron chi connectivity index (χ4n) is 3.07. The minimum Gasteiger partial charge on any atom is -0.379 e. The van der Waals surface area contributed by atoms with Crippen molar-refractivity contribution in [2.24, 2.45) is 5.92 Å². The number of rotatable bonds is 3. The van der Waals surface area contributed by atoms with Crippen molar-refractivity contribution < 1.29 is 9.53 Å². The Kier molecular flexibility index (Phi) is 4.40. The number of ether oxygens (including phenoxy) is 1. The fourth-order valence-corrected chi connectivity index (χ4v) is 3.07. The van der Waals surface area contributed by atoms with Gasteiger partial charge in [-0.25, -0.2) is 0 Å². The van der Waals surface area contributed by atoms with Crippen LogP contribution in [0.2, 0.25) is 0 Å². The first kappa shape index (κ1) is 12.8. The molecule has 0 aromatic rings. The van der Waals surface area contributed by atoms with Crippen LogP contribution in [0.5, 0.6) is 0 Å². The molecule has 4 nitrogen and oxygen atoms in total. The highest BCUT2D eigenvalue weighted by atomic mass is 16.5. The molecule has 0 aromatic heterocycles. The Balaban J connectivity index is 1.87. The van der Waals surface area contributed by atoms with Gasteiger partial charge in [-0.15, -0.1) is 0 Å². The van der Waals surface area contributed by atoms with E-state index in [0.29, 0.717) is 6.04 Å². The van der Waals surface area contributed by atoms with E-state index in [1.165, 1.54) is 0 Å². The summed E-state index contributed by atoms with van der Waals surface area (Å²) >= 11 is 0. The summed E-state index contributed by atoms with van der Waals surface area (Å²) in [5.41, 5.74) is 0. The maximum Gasteiger partial charge on any atom is 0.224 e. The summed E-state index contributed by atoms with van der Waals surface area (Å²) in [6.07, 6.45) is 5.59. The first-order valence-electron chi connectivity index (χ1n) is 6.79. The standard InChI is InChI=1S/C13H24N2O2/c1-9-10(5-4-8-14-9)13(16)15-11-6-3-7-12(11)17-2/h9-12,14H,3-8H2,1-2H3,(H,15,16). The van der Waals surface area contributed by atoms with Crippen molar-refractivity contribution in [3.8, 4) is 0 Å². The molecule has 2 fully saturated rings. The van der Waals surface area contributed by atoms with Crippen molar-refractivity contribution in [2.45, 2.75) is 57.2 Å². The molecule has 1 heterocycles. The molecule has 0 aromatic carbocycles. The highest BCUT2D eigenvalue weighted by Gasteiger charge is 2.33. The summed E-state index contributed by atoms with van der Waals surface area (Å²) in [4.78, 5) is 12.2. The van der Waals surface area contributed by atoms with Crippen LogP contribution in [0.4, 0.5) is 0 Å². The zero-order chi connectivity index (χ0) is 12.3. The van der Waals surface area contributed by atoms with Crippen LogP contribution in [0.1, 0.15) is 39.0 Å². The summed E-state index contributed by atoms with van der Waals surface area (Å²) in [5.74, 6) is 0.334. The third-order valence-corrected chi connectivity index (χ3v) is 4.18. The number of hydrogen-bond donors (Lipinski definition) is 2. The maximum absolute atomic E-state index is 12.2. The molecule has 0 bridgehead atoms. The van der Waals surface area contributed by atoms with Gasteiger partial charge in [-0.2, -0.15) is 0 Å². The van der Waals surface area contributed by atoms with Crippen molar-refractivity contribution in [1.82, 2.24) is 10.6 Å². The lowest BCUT2D eigenvalue weighted by molar-refractivity contribution is -0.128. The van der Waals surface area contributed by atoms with Gasteiger partial charge in [-0.1, -0.05) is 0 Å². The highest BCUT2D eigenvalue weighted by Crippen LogP contribution is 2.23. The zero-order valence-electron chi connectivity index (χ0n) is 10.9. The van der Waals surface area contributed by atoms with E-state index in [-0.39, 0.29) is 24.0 Å². The van der Waals surface area contributed by atoms with E-state index >= 15 is 0 Å². The number of carbonyl (C=O) groups excluding carboxylic acids is 1. The predicted octanol–water partition coefficient (Wildman–Crippen LogP) is 1.06. The predicted molar refractivity (Wildman–Crippen MR) is 66.8 cm³/mol. The van der Waals surface area contributed by atoms with Crippen molar-refractivity contribution in [3.05, 3.63) is 0 Å². The van der Waals surface area contributed by atoms with E-state index in [0.717, 1.165) is 38.6 Å². The molecule has 0 radical (unpaired) electrons. The summed E-state index contributed by atoms with van der Waals surface area (Å²) in [6.45, 7) is 3.14. The molecular formula is C13H24N2O2. The van der Waals surface area contributed by atoms with Crippen molar-refractivity contribution in [3.63, 3.8) is 0 Å². The molecule has 1 saturated carbocycles.